The van der Waals surface area contributed by atoms with Gasteiger partial charge in [0.15, 0.2) is 0 Å². The number of rotatable bonds is 4. The summed E-state index contributed by atoms with van der Waals surface area (Å²) >= 11 is 0. The molecule has 0 saturated heterocycles. The Bertz CT molecular complexity index is 320. The number of methoxy groups -OCH3 is 1. The molecule has 0 aromatic heterocycles. The Labute approximate surface area is 89.6 Å². The van der Waals surface area contributed by atoms with Gasteiger partial charge in [-0.2, -0.15) is 0 Å². The predicted octanol–water partition coefficient (Wildman–Crippen LogP) is 1.79. The zero-order valence-corrected chi connectivity index (χ0v) is 9.20. The Hall–Kier alpha value is -1.71. The van der Waals surface area contributed by atoms with Gasteiger partial charge in [-0.25, -0.2) is 0 Å². The Balaban J connectivity index is 2.47. The molecule has 1 aromatic rings. The van der Waals surface area contributed by atoms with E-state index in [1.54, 1.807) is 7.11 Å². The van der Waals surface area contributed by atoms with Crippen molar-refractivity contribution in [2.45, 2.75) is 13.8 Å². The van der Waals surface area contributed by atoms with Crippen LogP contribution in [-0.2, 0) is 4.79 Å². The van der Waals surface area contributed by atoms with Gasteiger partial charge in [0.05, 0.1) is 12.8 Å². The molecule has 0 spiro atoms. The zero-order valence-electron chi connectivity index (χ0n) is 9.20. The highest BCUT2D eigenvalue weighted by Crippen LogP contribution is 2.14. The quantitative estimate of drug-likeness (QED) is 0.742. The molecule has 0 unspecified atom stereocenters. The van der Waals surface area contributed by atoms with Crippen molar-refractivity contribution in [3.63, 3.8) is 0 Å². The molecule has 0 saturated carbocycles. The van der Waals surface area contributed by atoms with Crippen molar-refractivity contribution in [2.75, 3.05) is 12.5 Å². The first kappa shape index (κ1) is 11.4. The molecule has 0 fully saturated rings. The van der Waals surface area contributed by atoms with E-state index in [4.69, 9.17) is 4.74 Å². The van der Waals surface area contributed by atoms with Gasteiger partial charge < -0.3 is 4.74 Å². The number of benzene rings is 1. The monoisotopic (exact) mass is 208 g/mol. The summed E-state index contributed by atoms with van der Waals surface area (Å²) in [6.07, 6.45) is 0. The molecular weight excluding hydrogens is 192 g/mol. The fourth-order valence-electron chi connectivity index (χ4n) is 0.952. The Morgan fingerprint density at radius 3 is 2.33 bits per heavy atom. The largest absolute Gasteiger partial charge is 0.497 e. The van der Waals surface area contributed by atoms with E-state index in [1.807, 2.05) is 38.1 Å². The minimum atomic E-state index is -0.0363. The minimum absolute atomic E-state index is 0.0317. The predicted molar refractivity (Wildman–Crippen MR) is 59.6 cm³/mol. The van der Waals surface area contributed by atoms with E-state index in [1.165, 1.54) is 0 Å². The van der Waals surface area contributed by atoms with Crippen LogP contribution >= 0.6 is 0 Å². The van der Waals surface area contributed by atoms with E-state index in [9.17, 15) is 4.79 Å². The minimum Gasteiger partial charge on any atom is -0.497 e. The summed E-state index contributed by atoms with van der Waals surface area (Å²) < 4.78 is 5.02. The lowest BCUT2D eigenvalue weighted by Gasteiger charge is -2.10. The third-order valence-electron chi connectivity index (χ3n) is 1.94. The molecule has 0 aliphatic heterocycles. The van der Waals surface area contributed by atoms with E-state index < -0.39 is 0 Å². The van der Waals surface area contributed by atoms with Crippen LogP contribution in [0.1, 0.15) is 13.8 Å². The molecule has 1 aromatic carbocycles. The highest BCUT2D eigenvalue weighted by Gasteiger charge is 2.04. The maximum absolute atomic E-state index is 11.2. The fraction of sp³-hybridized carbons (Fsp3) is 0.364. The molecule has 2 N–H and O–H groups in total. The van der Waals surface area contributed by atoms with Crippen LogP contribution in [0.3, 0.4) is 0 Å². The third kappa shape index (κ3) is 3.50. The summed E-state index contributed by atoms with van der Waals surface area (Å²) in [6.45, 7) is 3.68. The van der Waals surface area contributed by atoms with Crippen molar-refractivity contribution in [1.29, 1.82) is 0 Å². The summed E-state index contributed by atoms with van der Waals surface area (Å²) in [6, 6.07) is 7.31. The molecule has 1 rings (SSSR count). The lowest BCUT2D eigenvalue weighted by Crippen LogP contribution is -2.32. The number of carbonyl (C=O) groups is 1. The van der Waals surface area contributed by atoms with Gasteiger partial charge in [-0.05, 0) is 24.3 Å². The molecular formula is C11H16N2O2. The summed E-state index contributed by atoms with van der Waals surface area (Å²) in [4.78, 5) is 11.2. The molecule has 0 heterocycles. The SMILES string of the molecule is COc1ccc(NNC(=O)C(C)C)cc1. The summed E-state index contributed by atoms with van der Waals surface area (Å²) in [7, 11) is 1.61. The second kappa shape index (κ2) is 5.24. The molecule has 0 radical (unpaired) electrons. The zero-order chi connectivity index (χ0) is 11.3. The highest BCUT2D eigenvalue weighted by atomic mass is 16.5. The van der Waals surface area contributed by atoms with Gasteiger partial charge in [0.25, 0.3) is 0 Å². The van der Waals surface area contributed by atoms with Crippen LogP contribution in [0.5, 0.6) is 5.75 Å². The first-order valence-electron chi connectivity index (χ1n) is 4.83. The number of hydrogen-bond donors (Lipinski definition) is 2. The first-order valence-corrected chi connectivity index (χ1v) is 4.83. The maximum atomic E-state index is 11.2. The van der Waals surface area contributed by atoms with Crippen molar-refractivity contribution in [1.82, 2.24) is 5.43 Å². The number of nitrogens with one attached hydrogen (secondary N) is 2. The standard InChI is InChI=1S/C11H16N2O2/c1-8(2)11(14)13-12-9-4-6-10(15-3)7-5-9/h4-8,12H,1-3H3,(H,13,14). The number of amides is 1. The summed E-state index contributed by atoms with van der Waals surface area (Å²) in [5, 5.41) is 0. The number of ether oxygens (including phenoxy) is 1. The lowest BCUT2D eigenvalue weighted by atomic mass is 10.2. The number of anilines is 1. The van der Waals surface area contributed by atoms with Gasteiger partial charge in [0, 0.05) is 5.92 Å². The number of carbonyl (C=O) groups excluding carboxylic acids is 1. The molecule has 0 aliphatic rings. The van der Waals surface area contributed by atoms with E-state index in [2.05, 4.69) is 10.9 Å². The molecule has 15 heavy (non-hydrogen) atoms. The van der Waals surface area contributed by atoms with Crippen LogP contribution < -0.4 is 15.6 Å². The average Bonchev–Trinajstić information content (AvgIpc) is 2.26. The van der Waals surface area contributed by atoms with E-state index in [0.717, 1.165) is 11.4 Å². The van der Waals surface area contributed by atoms with E-state index in [-0.39, 0.29) is 11.8 Å². The molecule has 4 nitrogen and oxygen atoms in total. The Morgan fingerprint density at radius 1 is 1.27 bits per heavy atom. The van der Waals surface area contributed by atoms with Crippen LogP contribution in [0.4, 0.5) is 5.69 Å². The molecule has 82 valence electrons. The van der Waals surface area contributed by atoms with Crippen LogP contribution in [0.15, 0.2) is 24.3 Å². The van der Waals surface area contributed by atoms with Crippen molar-refractivity contribution >= 4 is 11.6 Å². The molecule has 4 heteroatoms. The molecule has 1 amide bonds. The molecule has 0 atom stereocenters. The molecule has 0 bridgehead atoms. The smallest absolute Gasteiger partial charge is 0.240 e. The summed E-state index contributed by atoms with van der Waals surface area (Å²) in [5.41, 5.74) is 6.25. The van der Waals surface area contributed by atoms with Crippen molar-refractivity contribution in [3.8, 4) is 5.75 Å². The maximum Gasteiger partial charge on any atom is 0.240 e. The van der Waals surface area contributed by atoms with Gasteiger partial charge in [0.1, 0.15) is 5.75 Å². The highest BCUT2D eigenvalue weighted by molar-refractivity contribution is 5.79. The van der Waals surface area contributed by atoms with Crippen molar-refractivity contribution < 1.29 is 9.53 Å². The van der Waals surface area contributed by atoms with Gasteiger partial charge in [-0.15, -0.1) is 0 Å². The average molecular weight is 208 g/mol. The van der Waals surface area contributed by atoms with E-state index >= 15 is 0 Å². The van der Waals surface area contributed by atoms with Gasteiger partial charge >= 0.3 is 0 Å². The van der Waals surface area contributed by atoms with E-state index in [0.29, 0.717) is 0 Å². The second-order valence-electron chi connectivity index (χ2n) is 3.50. The second-order valence-corrected chi connectivity index (χ2v) is 3.50. The number of hydrazine groups is 1. The van der Waals surface area contributed by atoms with Crippen LogP contribution in [0.25, 0.3) is 0 Å². The normalized spacial score (nSPS) is 9.87. The topological polar surface area (TPSA) is 50.4 Å². The van der Waals surface area contributed by atoms with Gasteiger partial charge in [0.2, 0.25) is 5.91 Å². The molecule has 0 aliphatic carbocycles. The van der Waals surface area contributed by atoms with Crippen molar-refractivity contribution in [2.24, 2.45) is 5.92 Å². The number of hydrogen-bond acceptors (Lipinski definition) is 3. The third-order valence-corrected chi connectivity index (χ3v) is 1.94. The Kier molecular flexibility index (Phi) is 3.97. The lowest BCUT2D eigenvalue weighted by molar-refractivity contribution is -0.123. The van der Waals surface area contributed by atoms with Crippen molar-refractivity contribution in [3.05, 3.63) is 24.3 Å². The Morgan fingerprint density at radius 2 is 1.87 bits per heavy atom. The van der Waals surface area contributed by atoms with Crippen LogP contribution in [0.2, 0.25) is 0 Å². The summed E-state index contributed by atoms with van der Waals surface area (Å²) in [5.74, 6) is 0.720. The van der Waals surface area contributed by atoms with Gasteiger partial charge in [-0.1, -0.05) is 13.8 Å². The first-order chi connectivity index (χ1) is 7.13. The fourth-order valence-corrected chi connectivity index (χ4v) is 0.952. The van der Waals surface area contributed by atoms with Gasteiger partial charge in [-0.3, -0.25) is 15.6 Å². The van der Waals surface area contributed by atoms with Crippen LogP contribution in [0, 0.1) is 5.92 Å². The van der Waals surface area contributed by atoms with Crippen LogP contribution in [-0.4, -0.2) is 13.0 Å².